The summed E-state index contributed by atoms with van der Waals surface area (Å²) in [5.74, 6) is -0.696. The lowest BCUT2D eigenvalue weighted by atomic mass is 9.94. The molecule has 3 N–H and O–H groups in total. The zero-order valence-corrected chi connectivity index (χ0v) is 20.2. The Morgan fingerprint density at radius 2 is 1.54 bits per heavy atom. The van der Waals surface area contributed by atoms with Gasteiger partial charge in [-0.3, -0.25) is 4.55 Å². The van der Waals surface area contributed by atoms with Gasteiger partial charge in [-0.05, 0) is 46.2 Å². The Balaban J connectivity index is 1.65. The lowest BCUT2D eigenvalue weighted by Gasteiger charge is -2.12. The second kappa shape index (κ2) is 9.74. The molecule has 0 spiro atoms. The van der Waals surface area contributed by atoms with Crippen LogP contribution in [0.5, 0.6) is 0 Å². The smallest absolute Gasteiger partial charge is 0.338 e. The first-order valence-corrected chi connectivity index (χ1v) is 12.3. The predicted molar refractivity (Wildman–Crippen MR) is 132 cm³/mol. The van der Waals surface area contributed by atoms with Gasteiger partial charge in [-0.1, -0.05) is 42.5 Å². The van der Waals surface area contributed by atoms with Crippen molar-refractivity contribution in [3.63, 3.8) is 0 Å². The van der Waals surface area contributed by atoms with Crippen LogP contribution in [0.25, 0.3) is 44.3 Å². The molecule has 0 radical (unpaired) electrons. The number of imidazole rings is 1. The van der Waals surface area contributed by atoms with Gasteiger partial charge in [0, 0.05) is 17.7 Å². The fraction of sp³-hybridized carbons (Fsp3) is 0.115. The Hall–Kier alpha value is -3.81. The van der Waals surface area contributed by atoms with Gasteiger partial charge in [-0.2, -0.15) is 26.3 Å². The molecule has 1 unspecified atom stereocenters. The van der Waals surface area contributed by atoms with Gasteiger partial charge >= 0.3 is 12.4 Å². The van der Waals surface area contributed by atoms with Crippen molar-refractivity contribution >= 4 is 33.1 Å². The predicted octanol–water partition coefficient (Wildman–Crippen LogP) is 7.45. The fourth-order valence-corrected chi connectivity index (χ4v) is 4.66. The number of benzene rings is 4. The van der Waals surface area contributed by atoms with Gasteiger partial charge in [0.15, 0.2) is 0 Å². The van der Waals surface area contributed by atoms with Gasteiger partial charge in [0.2, 0.25) is 11.3 Å². The molecule has 4 aromatic carbocycles. The van der Waals surface area contributed by atoms with Gasteiger partial charge < -0.3 is 4.98 Å². The van der Waals surface area contributed by atoms with E-state index in [9.17, 15) is 34.9 Å². The average molecular weight is 567 g/mol. The number of hydrogen-bond donors (Lipinski definition) is 3. The average Bonchev–Trinajstić information content (AvgIpc) is 3.29. The molecule has 1 atom stereocenters. The van der Waals surface area contributed by atoms with Crippen LogP contribution in [0.4, 0.5) is 30.7 Å². The largest absolute Gasteiger partial charge is 0.418 e. The Morgan fingerprint density at radius 1 is 0.872 bits per heavy atom. The van der Waals surface area contributed by atoms with E-state index >= 15 is 0 Å². The molecule has 0 amide bonds. The van der Waals surface area contributed by atoms with E-state index in [1.165, 1.54) is 18.2 Å². The molecule has 5 nitrogen and oxygen atoms in total. The normalized spacial score (nSPS) is 13.3. The topological polar surface area (TPSA) is 78.0 Å². The lowest BCUT2D eigenvalue weighted by molar-refractivity contribution is -0.142. The number of halogens is 7. The van der Waals surface area contributed by atoms with Crippen molar-refractivity contribution in [1.82, 2.24) is 14.7 Å². The van der Waals surface area contributed by atoms with E-state index in [2.05, 4.69) is 14.7 Å². The van der Waals surface area contributed by atoms with Crippen molar-refractivity contribution in [2.24, 2.45) is 0 Å². The number of rotatable bonds is 5. The van der Waals surface area contributed by atoms with E-state index in [1.54, 1.807) is 36.4 Å². The molecule has 0 aliphatic rings. The van der Waals surface area contributed by atoms with Crippen LogP contribution >= 0.6 is 0 Å². The lowest BCUT2D eigenvalue weighted by Crippen LogP contribution is -2.16. The summed E-state index contributed by atoms with van der Waals surface area (Å²) in [6.07, 6.45) is -10.1. The van der Waals surface area contributed by atoms with Crippen LogP contribution in [0.1, 0.15) is 16.7 Å². The molecule has 1 aromatic heterocycles. The maximum atomic E-state index is 14.7. The molecule has 5 aromatic rings. The summed E-state index contributed by atoms with van der Waals surface area (Å²) in [6.45, 7) is -0.184. The molecular formula is C26H16F7N3O2S. The van der Waals surface area contributed by atoms with E-state index in [0.717, 1.165) is 0 Å². The number of fused-ring (bicyclic) bond motifs is 2. The standard InChI is InChI=1S/C26H16F7N3O2S/c27-21-9-13(5-6-14(21)12-34-39(37)38)16-7-8-19(18-4-2-1-3-17(16)18)24-35-22-11-15(25(28,29)30)10-20(23(22)36-24)26(31,32)33/h1-11,34H,12H2,(H,35,36)(H,37,38). The molecule has 202 valence electrons. The van der Waals surface area contributed by atoms with Crippen molar-refractivity contribution in [3.8, 4) is 22.5 Å². The van der Waals surface area contributed by atoms with Gasteiger partial charge in [0.05, 0.1) is 16.6 Å². The highest BCUT2D eigenvalue weighted by Crippen LogP contribution is 2.41. The van der Waals surface area contributed by atoms with E-state index in [0.29, 0.717) is 33.5 Å². The molecule has 0 aliphatic heterocycles. The maximum absolute atomic E-state index is 14.7. The number of aromatic amines is 1. The minimum atomic E-state index is -5.07. The molecule has 5 rings (SSSR count). The number of alkyl halides is 6. The first-order chi connectivity index (χ1) is 18.3. The number of nitrogens with zero attached hydrogens (tertiary/aromatic N) is 1. The molecule has 0 saturated heterocycles. The van der Waals surface area contributed by atoms with E-state index in [-0.39, 0.29) is 24.0 Å². The van der Waals surface area contributed by atoms with Crippen molar-refractivity contribution < 1.29 is 39.5 Å². The Kier molecular flexibility index (Phi) is 6.69. The minimum absolute atomic E-state index is 0.0418. The van der Waals surface area contributed by atoms with Crippen LogP contribution in [0.2, 0.25) is 0 Å². The summed E-state index contributed by atoms with van der Waals surface area (Å²) in [6, 6.07) is 14.8. The Labute approximate surface area is 218 Å². The van der Waals surface area contributed by atoms with Crippen LogP contribution in [0.15, 0.2) is 66.7 Å². The minimum Gasteiger partial charge on any atom is -0.338 e. The van der Waals surface area contributed by atoms with E-state index < -0.39 is 51.6 Å². The van der Waals surface area contributed by atoms with Crippen LogP contribution in [0, 0.1) is 5.82 Å². The van der Waals surface area contributed by atoms with Crippen molar-refractivity contribution in [3.05, 3.63) is 89.2 Å². The van der Waals surface area contributed by atoms with Crippen LogP contribution in [-0.2, 0) is 30.2 Å². The summed E-state index contributed by atoms with van der Waals surface area (Å²) in [4.78, 5) is 6.63. The second-order valence-corrected chi connectivity index (χ2v) is 9.37. The summed E-state index contributed by atoms with van der Waals surface area (Å²) in [5, 5.41) is 1.10. The van der Waals surface area contributed by atoms with Gasteiger partial charge in [0.25, 0.3) is 0 Å². The Bertz CT molecular complexity index is 1750. The van der Waals surface area contributed by atoms with Crippen molar-refractivity contribution in [1.29, 1.82) is 0 Å². The van der Waals surface area contributed by atoms with Crippen LogP contribution in [0.3, 0.4) is 0 Å². The third-order valence-corrected chi connectivity index (χ3v) is 6.54. The molecule has 1 heterocycles. The van der Waals surface area contributed by atoms with Crippen LogP contribution in [-0.4, -0.2) is 18.7 Å². The molecule has 0 bridgehead atoms. The molecule has 0 fully saturated rings. The Morgan fingerprint density at radius 3 is 2.15 bits per heavy atom. The summed E-state index contributed by atoms with van der Waals surface area (Å²) in [5.41, 5.74) is -2.51. The molecule has 0 saturated carbocycles. The highest BCUT2D eigenvalue weighted by atomic mass is 32.2. The van der Waals surface area contributed by atoms with E-state index in [1.807, 2.05) is 0 Å². The molecule has 0 aliphatic carbocycles. The number of nitrogens with one attached hydrogen (secondary N) is 2. The van der Waals surface area contributed by atoms with Crippen molar-refractivity contribution in [2.75, 3.05) is 0 Å². The molecule has 13 heteroatoms. The highest BCUT2D eigenvalue weighted by molar-refractivity contribution is 7.77. The summed E-state index contributed by atoms with van der Waals surface area (Å²) < 4.78 is 117. The molecule has 39 heavy (non-hydrogen) atoms. The van der Waals surface area contributed by atoms with Gasteiger partial charge in [0.1, 0.15) is 17.2 Å². The highest BCUT2D eigenvalue weighted by Gasteiger charge is 2.39. The zero-order valence-electron chi connectivity index (χ0n) is 19.4. The monoisotopic (exact) mass is 567 g/mol. The maximum Gasteiger partial charge on any atom is 0.418 e. The van der Waals surface area contributed by atoms with Gasteiger partial charge in [-0.15, -0.1) is 0 Å². The first kappa shape index (κ1) is 26.8. The molecular weight excluding hydrogens is 551 g/mol. The SMILES string of the molecule is O=S(O)NCc1ccc(-c2ccc(-c3nc4c(C(F)(F)F)cc(C(F)(F)F)cc4[nH]3)c3ccccc23)cc1F. The quantitative estimate of drug-likeness (QED) is 0.153. The second-order valence-electron chi connectivity index (χ2n) is 8.58. The summed E-state index contributed by atoms with van der Waals surface area (Å²) >= 11 is -2.32. The number of hydrogen-bond acceptors (Lipinski definition) is 2. The number of H-pyrrole nitrogens is 1. The first-order valence-electron chi connectivity index (χ1n) is 11.2. The van der Waals surface area contributed by atoms with Crippen LogP contribution < -0.4 is 4.72 Å². The van der Waals surface area contributed by atoms with Crippen molar-refractivity contribution in [2.45, 2.75) is 18.9 Å². The third-order valence-electron chi connectivity index (χ3n) is 6.15. The van der Waals surface area contributed by atoms with Gasteiger partial charge in [-0.25, -0.2) is 18.3 Å². The summed E-state index contributed by atoms with van der Waals surface area (Å²) in [7, 11) is 0. The number of aromatic nitrogens is 2. The third kappa shape index (κ3) is 5.24. The fourth-order valence-electron chi connectivity index (χ4n) is 4.38. The van der Waals surface area contributed by atoms with E-state index in [4.69, 9.17) is 4.55 Å². The zero-order chi connectivity index (χ0) is 28.1.